The highest BCUT2D eigenvalue weighted by atomic mass is 19.2. The van der Waals surface area contributed by atoms with Crippen molar-refractivity contribution in [2.75, 3.05) is 26.2 Å². The van der Waals surface area contributed by atoms with Gasteiger partial charge in [-0.05, 0) is 36.6 Å². The minimum Gasteiger partial charge on any atom is -0.346 e. The molecule has 1 aliphatic heterocycles. The molecule has 0 atom stereocenters. The molecule has 0 bridgehead atoms. The molecule has 2 fully saturated rings. The van der Waals surface area contributed by atoms with Crippen molar-refractivity contribution in [1.29, 1.82) is 5.26 Å². The van der Waals surface area contributed by atoms with Gasteiger partial charge in [0, 0.05) is 62.1 Å². The molecule has 0 radical (unpaired) electrons. The van der Waals surface area contributed by atoms with Crippen molar-refractivity contribution in [3.8, 4) is 17.3 Å². The van der Waals surface area contributed by atoms with Crippen molar-refractivity contribution in [3.63, 3.8) is 0 Å². The van der Waals surface area contributed by atoms with Gasteiger partial charge in [0.2, 0.25) is 0 Å². The highest BCUT2D eigenvalue weighted by molar-refractivity contribution is 5.89. The zero-order valence-electron chi connectivity index (χ0n) is 19.7. The Labute approximate surface area is 207 Å². The number of hydrogen-bond acceptors (Lipinski definition) is 6. The van der Waals surface area contributed by atoms with Gasteiger partial charge in [-0.25, -0.2) is 18.7 Å². The van der Waals surface area contributed by atoms with Gasteiger partial charge < -0.3 is 4.98 Å². The summed E-state index contributed by atoms with van der Waals surface area (Å²) in [7, 11) is 0. The van der Waals surface area contributed by atoms with E-state index in [-0.39, 0.29) is 5.54 Å². The van der Waals surface area contributed by atoms with E-state index in [4.69, 9.17) is 0 Å². The summed E-state index contributed by atoms with van der Waals surface area (Å²) < 4.78 is 28.7. The third-order valence-corrected chi connectivity index (χ3v) is 7.65. The number of H-pyrrole nitrogens is 1. The van der Waals surface area contributed by atoms with E-state index in [0.29, 0.717) is 19.0 Å². The second-order valence-corrected chi connectivity index (χ2v) is 9.82. The fourth-order valence-corrected chi connectivity index (χ4v) is 5.62. The zero-order valence-corrected chi connectivity index (χ0v) is 19.7. The van der Waals surface area contributed by atoms with E-state index in [2.05, 4.69) is 35.9 Å². The van der Waals surface area contributed by atoms with E-state index in [0.717, 1.165) is 66.9 Å². The Balaban J connectivity index is 1.10. The van der Waals surface area contributed by atoms with Gasteiger partial charge in [-0.3, -0.25) is 14.5 Å². The Bertz CT molecular complexity index is 1420. The number of rotatable bonds is 6. The SMILES string of the molecule is N#CCC1(n2cc(-c3ncnc4[nH]ccc34)cn2)CC(N2CCN(Cc3ccc(F)c(F)c3)CC2)C1. The second-order valence-electron chi connectivity index (χ2n) is 9.82. The quantitative estimate of drug-likeness (QED) is 0.445. The Morgan fingerprint density at radius 1 is 1.08 bits per heavy atom. The molecule has 0 unspecified atom stereocenters. The Hall–Kier alpha value is -3.68. The molecule has 2 aliphatic rings. The number of aromatic nitrogens is 5. The monoisotopic (exact) mass is 488 g/mol. The molecular weight excluding hydrogens is 462 g/mol. The molecule has 1 aliphatic carbocycles. The number of halogens is 2. The Morgan fingerprint density at radius 2 is 1.92 bits per heavy atom. The molecule has 1 saturated heterocycles. The van der Waals surface area contributed by atoms with Crippen LogP contribution in [-0.2, 0) is 12.1 Å². The van der Waals surface area contributed by atoms with Crippen LogP contribution in [0.3, 0.4) is 0 Å². The minimum atomic E-state index is -0.812. The molecule has 6 rings (SSSR count). The maximum absolute atomic E-state index is 13.5. The number of nitrogens with one attached hydrogen (secondary N) is 1. The molecule has 4 heterocycles. The summed E-state index contributed by atoms with van der Waals surface area (Å²) in [5, 5.41) is 15.2. The van der Waals surface area contributed by atoms with Gasteiger partial charge in [-0.1, -0.05) is 6.07 Å². The van der Waals surface area contributed by atoms with Crippen LogP contribution in [0.25, 0.3) is 22.3 Å². The minimum absolute atomic E-state index is 0.315. The fourth-order valence-electron chi connectivity index (χ4n) is 5.62. The van der Waals surface area contributed by atoms with Gasteiger partial charge in [0.15, 0.2) is 11.6 Å². The average molecular weight is 489 g/mol. The first kappa shape index (κ1) is 22.8. The van der Waals surface area contributed by atoms with Gasteiger partial charge in [0.1, 0.15) is 12.0 Å². The number of aromatic amines is 1. The topological polar surface area (TPSA) is 89.7 Å². The lowest BCUT2D eigenvalue weighted by Crippen LogP contribution is -2.60. The van der Waals surface area contributed by atoms with Crippen LogP contribution >= 0.6 is 0 Å². The smallest absolute Gasteiger partial charge is 0.159 e. The fraction of sp³-hybridized carbons (Fsp3) is 0.385. The lowest BCUT2D eigenvalue weighted by atomic mass is 9.70. The van der Waals surface area contributed by atoms with Crippen LogP contribution in [0.4, 0.5) is 8.78 Å². The number of piperazine rings is 1. The maximum Gasteiger partial charge on any atom is 0.159 e. The zero-order chi connectivity index (χ0) is 24.7. The molecule has 184 valence electrons. The molecule has 8 nitrogen and oxygen atoms in total. The van der Waals surface area contributed by atoms with Gasteiger partial charge in [-0.2, -0.15) is 10.4 Å². The first-order valence-corrected chi connectivity index (χ1v) is 12.2. The molecule has 36 heavy (non-hydrogen) atoms. The molecule has 0 amide bonds. The predicted octanol–water partition coefficient (Wildman–Crippen LogP) is 3.69. The molecule has 0 spiro atoms. The standard InChI is InChI=1S/C26H26F2N8/c27-22-2-1-18(11-23(22)28)15-34-7-9-35(10-8-34)20-12-26(13-20,4-5-29)36-16-19(14-33-36)24-21-3-6-30-25(21)32-17-31-24/h1-3,6,11,14,16-17,20H,4,7-10,12-13,15H2,(H,30,31,32). The second kappa shape index (κ2) is 9.08. The summed E-state index contributed by atoms with van der Waals surface area (Å²) in [5.41, 5.74) is 2.99. The van der Waals surface area contributed by atoms with Crippen LogP contribution in [-0.4, -0.2) is 66.8 Å². The van der Waals surface area contributed by atoms with Crippen LogP contribution in [0.5, 0.6) is 0 Å². The summed E-state index contributed by atoms with van der Waals surface area (Å²) in [6.45, 7) is 4.17. The predicted molar refractivity (Wildman–Crippen MR) is 130 cm³/mol. The first-order chi connectivity index (χ1) is 17.5. The average Bonchev–Trinajstić information content (AvgIpc) is 3.54. The van der Waals surface area contributed by atoms with E-state index in [1.165, 1.54) is 12.1 Å². The van der Waals surface area contributed by atoms with Crippen LogP contribution in [0.15, 0.2) is 49.2 Å². The molecule has 10 heteroatoms. The largest absolute Gasteiger partial charge is 0.346 e. The number of nitriles is 1. The number of benzene rings is 1. The molecule has 1 aromatic carbocycles. The van der Waals surface area contributed by atoms with E-state index in [9.17, 15) is 14.0 Å². The third-order valence-electron chi connectivity index (χ3n) is 7.65. The van der Waals surface area contributed by atoms with Crippen molar-refractivity contribution in [2.24, 2.45) is 0 Å². The highest BCUT2D eigenvalue weighted by Gasteiger charge is 2.49. The summed E-state index contributed by atoms with van der Waals surface area (Å²) in [5.74, 6) is -1.61. The van der Waals surface area contributed by atoms with E-state index in [1.54, 1.807) is 12.4 Å². The third kappa shape index (κ3) is 4.04. The van der Waals surface area contributed by atoms with Gasteiger partial charge in [0.25, 0.3) is 0 Å². The lowest BCUT2D eigenvalue weighted by Gasteiger charge is -2.52. The van der Waals surface area contributed by atoms with Crippen LogP contribution < -0.4 is 0 Å². The van der Waals surface area contributed by atoms with Crippen molar-refractivity contribution in [3.05, 3.63) is 66.4 Å². The van der Waals surface area contributed by atoms with Crippen molar-refractivity contribution in [2.45, 2.75) is 37.4 Å². The van der Waals surface area contributed by atoms with E-state index >= 15 is 0 Å². The van der Waals surface area contributed by atoms with Crippen molar-refractivity contribution >= 4 is 11.0 Å². The first-order valence-electron chi connectivity index (χ1n) is 12.2. The van der Waals surface area contributed by atoms with Gasteiger partial charge >= 0.3 is 0 Å². The van der Waals surface area contributed by atoms with Crippen LogP contribution in [0.2, 0.25) is 0 Å². The molecule has 1 N–H and O–H groups in total. The molecule has 1 saturated carbocycles. The maximum atomic E-state index is 13.5. The van der Waals surface area contributed by atoms with Gasteiger partial charge in [-0.15, -0.1) is 0 Å². The van der Waals surface area contributed by atoms with Crippen molar-refractivity contribution in [1.82, 2.24) is 34.5 Å². The molecule has 3 aromatic heterocycles. The summed E-state index contributed by atoms with van der Waals surface area (Å²) >= 11 is 0. The summed E-state index contributed by atoms with van der Waals surface area (Å²) in [6, 6.07) is 8.85. The van der Waals surface area contributed by atoms with Gasteiger partial charge in [0.05, 0.1) is 29.9 Å². The van der Waals surface area contributed by atoms with Crippen LogP contribution in [0.1, 0.15) is 24.8 Å². The molecule has 4 aromatic rings. The van der Waals surface area contributed by atoms with E-state index < -0.39 is 11.6 Å². The Kier molecular flexibility index (Phi) is 5.74. The normalized spacial score (nSPS) is 23.0. The highest BCUT2D eigenvalue weighted by Crippen LogP contribution is 2.45. The lowest BCUT2D eigenvalue weighted by molar-refractivity contribution is -0.0191. The van der Waals surface area contributed by atoms with Crippen LogP contribution in [0, 0.1) is 23.0 Å². The summed E-state index contributed by atoms with van der Waals surface area (Å²) in [6.07, 6.45) is 9.35. The number of fused-ring (bicyclic) bond motifs is 1. The number of hydrogen-bond donors (Lipinski definition) is 1. The molecular formula is C26H26F2N8. The summed E-state index contributed by atoms with van der Waals surface area (Å²) in [4.78, 5) is 16.6. The number of nitrogens with zero attached hydrogens (tertiary/aromatic N) is 7. The Morgan fingerprint density at radius 3 is 2.69 bits per heavy atom. The van der Waals surface area contributed by atoms with Crippen molar-refractivity contribution < 1.29 is 8.78 Å². The van der Waals surface area contributed by atoms with E-state index in [1.807, 2.05) is 29.3 Å².